The molecule has 18 nitrogen and oxygen atoms in total. The van der Waals surface area contributed by atoms with Crippen LogP contribution >= 0.6 is 0 Å². The van der Waals surface area contributed by atoms with Crippen LogP contribution in [0.5, 0.6) is 0 Å². The first-order valence-corrected chi connectivity index (χ1v) is 19.0. The number of nitrogens with one attached hydrogen (secondary N) is 7. The van der Waals surface area contributed by atoms with Gasteiger partial charge >= 0.3 is 0 Å². The molecular formula is C35H62N10O8. The van der Waals surface area contributed by atoms with Gasteiger partial charge in [-0.05, 0) is 83.5 Å². The minimum Gasteiger partial charge on any atom is -0.368 e. The summed E-state index contributed by atoms with van der Waals surface area (Å²) in [6, 6.07) is -1.01. The number of hydrogen-bond acceptors (Lipinski definition) is 10. The van der Waals surface area contributed by atoms with E-state index in [1.54, 1.807) is 0 Å². The number of carbonyl (C=O) groups is 8. The first kappa shape index (κ1) is 44.8. The van der Waals surface area contributed by atoms with Crippen molar-refractivity contribution < 1.29 is 38.4 Å². The molecule has 2 rings (SSSR count). The average Bonchev–Trinajstić information content (AvgIpc) is 4.02. The zero-order valence-corrected chi connectivity index (χ0v) is 31.4. The highest BCUT2D eigenvalue weighted by Crippen LogP contribution is 2.21. The Balaban J connectivity index is 1.86. The summed E-state index contributed by atoms with van der Waals surface area (Å²) < 4.78 is 0. The average molecular weight is 751 g/mol. The zero-order valence-electron chi connectivity index (χ0n) is 31.4. The van der Waals surface area contributed by atoms with E-state index in [-0.39, 0.29) is 32.0 Å². The Bertz CT molecular complexity index is 1190. The van der Waals surface area contributed by atoms with Crippen LogP contribution in [0.25, 0.3) is 0 Å². The lowest BCUT2D eigenvalue weighted by atomic mass is 10.1. The van der Waals surface area contributed by atoms with Gasteiger partial charge in [-0.2, -0.15) is 0 Å². The van der Waals surface area contributed by atoms with E-state index in [1.165, 1.54) is 13.8 Å². The van der Waals surface area contributed by atoms with Crippen molar-refractivity contribution in [3.63, 3.8) is 0 Å². The Morgan fingerprint density at radius 2 is 1.00 bits per heavy atom. The van der Waals surface area contributed by atoms with Gasteiger partial charge in [-0.15, -0.1) is 0 Å². The van der Waals surface area contributed by atoms with Crippen LogP contribution in [0.1, 0.15) is 104 Å². The lowest BCUT2D eigenvalue weighted by Gasteiger charge is -2.23. The topological polar surface area (TPSA) is 276 Å². The third-order valence-corrected chi connectivity index (χ3v) is 8.85. The Morgan fingerprint density at radius 1 is 0.566 bits per heavy atom. The number of nitrogens with zero attached hydrogens (tertiary/aromatic N) is 1. The summed E-state index contributed by atoms with van der Waals surface area (Å²) >= 11 is 0. The van der Waals surface area contributed by atoms with Crippen molar-refractivity contribution in [3.05, 3.63) is 0 Å². The van der Waals surface area contributed by atoms with Gasteiger partial charge in [0.2, 0.25) is 47.3 Å². The van der Waals surface area contributed by atoms with E-state index in [0.29, 0.717) is 89.5 Å². The van der Waals surface area contributed by atoms with Gasteiger partial charge in [-0.1, -0.05) is 0 Å². The summed E-state index contributed by atoms with van der Waals surface area (Å²) in [5.74, 6) is -3.32. The van der Waals surface area contributed by atoms with Crippen molar-refractivity contribution in [1.29, 1.82) is 0 Å². The maximum atomic E-state index is 13.3. The first-order chi connectivity index (χ1) is 25.2. The summed E-state index contributed by atoms with van der Waals surface area (Å²) in [6.45, 7) is 2.88. The molecule has 2 saturated carbocycles. The van der Waals surface area contributed by atoms with Crippen molar-refractivity contribution >= 4 is 47.3 Å². The molecule has 3 atom stereocenters. The quantitative estimate of drug-likeness (QED) is 0.0362. The van der Waals surface area contributed by atoms with Gasteiger partial charge in [0, 0.05) is 58.5 Å². The minimum absolute atomic E-state index is 0.0920. The Hall–Kier alpha value is -4.32. The molecule has 2 aliphatic carbocycles. The van der Waals surface area contributed by atoms with E-state index in [9.17, 15) is 38.4 Å². The summed E-state index contributed by atoms with van der Waals surface area (Å²) in [5.41, 5.74) is 11.0. The number of unbranched alkanes of at least 4 members (excludes halogenated alkanes) is 3. The molecule has 0 aromatic carbocycles. The van der Waals surface area contributed by atoms with Gasteiger partial charge in [0.05, 0.1) is 12.1 Å². The summed E-state index contributed by atoms with van der Waals surface area (Å²) in [7, 11) is 0. The Labute approximate surface area is 312 Å². The molecule has 2 fully saturated rings. The molecular weight excluding hydrogens is 688 g/mol. The van der Waals surface area contributed by atoms with Gasteiger partial charge in [0.15, 0.2) is 0 Å². The summed E-state index contributed by atoms with van der Waals surface area (Å²) in [4.78, 5) is 99.2. The molecule has 0 aliphatic heterocycles. The highest BCUT2D eigenvalue weighted by molar-refractivity contribution is 5.90. The highest BCUT2D eigenvalue weighted by atomic mass is 16.2. The third kappa shape index (κ3) is 21.7. The molecule has 2 aliphatic rings. The number of carbonyl (C=O) groups excluding carboxylic acids is 8. The molecule has 18 heteroatoms. The van der Waals surface area contributed by atoms with Crippen LogP contribution in [0.4, 0.5) is 0 Å². The predicted molar refractivity (Wildman–Crippen MR) is 196 cm³/mol. The molecule has 53 heavy (non-hydrogen) atoms. The number of rotatable bonds is 30. The number of amides is 8. The van der Waals surface area contributed by atoms with E-state index in [0.717, 1.165) is 30.6 Å². The third-order valence-electron chi connectivity index (χ3n) is 8.85. The SMILES string of the molecule is CC(=O)NCCCC[C@H](NC(C)=O)C(=O)NCCC(=O)N(CC(=O)NCCCCC(NC1CC1)C(N)=O)CC(=O)NCCCC[C@H](NC1CC1)C(N)=O. The second-order valence-electron chi connectivity index (χ2n) is 14.0. The standard InChI is InChI=1S/C35H62N10O8/c1-23(46)38-17-6-5-11-29(42-24(2)47)35(53)41-20-16-32(50)45(21-30(48)39-18-7-3-9-27(33(36)51)43-25-12-13-25)22-31(49)40-19-8-4-10-28(34(37)52)44-26-14-15-26/h25-29,43-44H,3-22H2,1-2H3,(H2,36,51)(H2,37,52)(H,38,46)(H,39,48)(H,40,49)(H,41,53)(H,42,47)/t27-,28?,29-/m0/s1. The van der Waals surface area contributed by atoms with Crippen LogP contribution in [0.3, 0.4) is 0 Å². The molecule has 0 aromatic rings. The summed E-state index contributed by atoms with van der Waals surface area (Å²) in [6.07, 6.45) is 8.91. The fourth-order valence-corrected chi connectivity index (χ4v) is 5.60. The van der Waals surface area contributed by atoms with Crippen LogP contribution in [-0.2, 0) is 38.4 Å². The molecule has 0 heterocycles. The van der Waals surface area contributed by atoms with Crippen molar-refractivity contribution in [1.82, 2.24) is 42.1 Å². The monoisotopic (exact) mass is 750 g/mol. The molecule has 0 bridgehead atoms. The van der Waals surface area contributed by atoms with Crippen LogP contribution in [0.2, 0.25) is 0 Å². The van der Waals surface area contributed by atoms with Crippen LogP contribution in [-0.4, -0.2) is 122 Å². The Kier molecular flexibility index (Phi) is 21.0. The number of primary amides is 2. The second kappa shape index (κ2) is 24.8. The predicted octanol–water partition coefficient (Wildman–Crippen LogP) is -2.08. The molecule has 11 N–H and O–H groups in total. The van der Waals surface area contributed by atoms with E-state index < -0.39 is 59.5 Å². The normalized spacial score (nSPS) is 15.3. The van der Waals surface area contributed by atoms with Crippen molar-refractivity contribution in [2.75, 3.05) is 39.3 Å². The Morgan fingerprint density at radius 3 is 1.40 bits per heavy atom. The maximum absolute atomic E-state index is 13.3. The number of hydrogen-bond donors (Lipinski definition) is 9. The van der Waals surface area contributed by atoms with Crippen molar-refractivity contribution in [2.24, 2.45) is 11.5 Å². The van der Waals surface area contributed by atoms with Crippen LogP contribution in [0.15, 0.2) is 0 Å². The lowest BCUT2D eigenvalue weighted by molar-refractivity contribution is -0.139. The molecule has 0 saturated heterocycles. The summed E-state index contributed by atoms with van der Waals surface area (Å²) in [5, 5.41) is 19.9. The molecule has 300 valence electrons. The van der Waals surface area contributed by atoms with Crippen molar-refractivity contribution in [2.45, 2.75) is 134 Å². The molecule has 0 aromatic heterocycles. The van der Waals surface area contributed by atoms with Gasteiger partial charge in [0.1, 0.15) is 19.1 Å². The zero-order chi connectivity index (χ0) is 39.2. The van der Waals surface area contributed by atoms with Gasteiger partial charge in [-0.3, -0.25) is 38.4 Å². The fourth-order valence-electron chi connectivity index (χ4n) is 5.60. The first-order valence-electron chi connectivity index (χ1n) is 19.0. The van der Waals surface area contributed by atoms with E-state index in [2.05, 4.69) is 37.2 Å². The van der Waals surface area contributed by atoms with Crippen LogP contribution in [0, 0.1) is 0 Å². The van der Waals surface area contributed by atoms with E-state index in [1.807, 2.05) is 0 Å². The molecule has 0 radical (unpaired) electrons. The van der Waals surface area contributed by atoms with E-state index >= 15 is 0 Å². The molecule has 1 unspecified atom stereocenters. The van der Waals surface area contributed by atoms with Crippen molar-refractivity contribution in [3.8, 4) is 0 Å². The lowest BCUT2D eigenvalue weighted by Crippen LogP contribution is -2.48. The second-order valence-corrected chi connectivity index (χ2v) is 14.0. The van der Waals surface area contributed by atoms with Crippen LogP contribution < -0.4 is 48.7 Å². The maximum Gasteiger partial charge on any atom is 0.242 e. The number of nitrogens with two attached hydrogens (primary N) is 2. The minimum atomic E-state index is -0.835. The smallest absolute Gasteiger partial charge is 0.242 e. The molecule has 0 spiro atoms. The fraction of sp³-hybridized carbons (Fsp3) is 0.771. The molecule has 8 amide bonds. The largest absolute Gasteiger partial charge is 0.368 e. The van der Waals surface area contributed by atoms with Gasteiger partial charge < -0.3 is 53.6 Å². The van der Waals surface area contributed by atoms with E-state index in [4.69, 9.17) is 11.5 Å². The van der Waals surface area contributed by atoms with Gasteiger partial charge in [-0.25, -0.2) is 0 Å². The van der Waals surface area contributed by atoms with Gasteiger partial charge in [0.25, 0.3) is 0 Å². The highest BCUT2D eigenvalue weighted by Gasteiger charge is 2.28.